The summed E-state index contributed by atoms with van der Waals surface area (Å²) in [5.41, 5.74) is 7.87. The lowest BCUT2D eigenvalue weighted by molar-refractivity contribution is -0.104. The van der Waals surface area contributed by atoms with Crippen LogP contribution in [0.1, 0.15) is 5.56 Å². The summed E-state index contributed by atoms with van der Waals surface area (Å²) in [6.07, 6.45) is 4.02. The van der Waals surface area contributed by atoms with E-state index in [1.54, 1.807) is 6.08 Å². The van der Waals surface area contributed by atoms with E-state index in [0.29, 0.717) is 0 Å². The molecule has 0 atom stereocenters. The first kappa shape index (κ1) is 13.3. The van der Waals surface area contributed by atoms with Gasteiger partial charge in [0.1, 0.15) is 6.29 Å². The molecule has 0 amide bonds. The van der Waals surface area contributed by atoms with E-state index in [2.05, 4.69) is 18.1 Å². The van der Waals surface area contributed by atoms with Gasteiger partial charge in [-0.25, -0.2) is 5.84 Å². The van der Waals surface area contributed by atoms with E-state index in [1.807, 2.05) is 35.8 Å². The third-order valence-corrected chi connectivity index (χ3v) is 1.43. The Hall–Kier alpha value is -1.72. The predicted molar refractivity (Wildman–Crippen MR) is 65.6 cm³/mol. The summed E-state index contributed by atoms with van der Waals surface area (Å²) in [4.78, 5) is 9.89. The first-order chi connectivity index (χ1) is 7.20. The van der Waals surface area contributed by atoms with Gasteiger partial charge >= 0.3 is 0 Å². The van der Waals surface area contributed by atoms with Crippen molar-refractivity contribution in [3.05, 3.63) is 42.0 Å². The summed E-state index contributed by atoms with van der Waals surface area (Å²) >= 11 is 4.24. The van der Waals surface area contributed by atoms with Gasteiger partial charge in [-0.15, -0.1) is 0 Å². The zero-order valence-corrected chi connectivity index (χ0v) is 8.91. The van der Waals surface area contributed by atoms with Crippen molar-refractivity contribution < 1.29 is 4.79 Å². The number of carbonyl (C=O) groups excluding carboxylic acids is 1. The van der Waals surface area contributed by atoms with Crippen molar-refractivity contribution in [1.29, 1.82) is 0 Å². The lowest BCUT2D eigenvalue weighted by Gasteiger charge is -1.86. The zero-order valence-electron chi connectivity index (χ0n) is 8.09. The minimum Gasteiger partial charge on any atom is -0.375 e. The van der Waals surface area contributed by atoms with E-state index in [0.717, 1.165) is 11.8 Å². The van der Waals surface area contributed by atoms with Crippen LogP contribution in [-0.2, 0) is 4.79 Å². The maximum absolute atomic E-state index is 9.89. The highest BCUT2D eigenvalue weighted by Crippen LogP contribution is 1.99. The quantitative estimate of drug-likeness (QED) is 0.225. The van der Waals surface area contributed by atoms with Crippen LogP contribution >= 0.6 is 12.2 Å². The summed E-state index contributed by atoms with van der Waals surface area (Å²) < 4.78 is 0. The van der Waals surface area contributed by atoms with Gasteiger partial charge in [0, 0.05) is 0 Å². The number of thiocarbonyl (C=S) groups is 1. The van der Waals surface area contributed by atoms with Gasteiger partial charge in [-0.05, 0) is 23.9 Å². The Balaban J connectivity index is 0.000000336. The Morgan fingerprint density at radius 3 is 2.27 bits per heavy atom. The van der Waals surface area contributed by atoms with Gasteiger partial charge in [-0.3, -0.25) is 4.79 Å². The molecule has 0 heterocycles. The third kappa shape index (κ3) is 8.61. The van der Waals surface area contributed by atoms with Gasteiger partial charge < -0.3 is 11.2 Å². The van der Waals surface area contributed by atoms with Crippen LogP contribution in [-0.4, -0.2) is 11.4 Å². The average molecular weight is 223 g/mol. The highest BCUT2D eigenvalue weighted by Gasteiger charge is 1.79. The Morgan fingerprint density at radius 2 is 1.87 bits per heavy atom. The molecule has 0 fully saturated rings. The summed E-state index contributed by atoms with van der Waals surface area (Å²) in [7, 11) is 0. The van der Waals surface area contributed by atoms with Crippen LogP contribution < -0.4 is 17.0 Å². The molecule has 0 saturated carbocycles. The van der Waals surface area contributed by atoms with Crippen molar-refractivity contribution in [2.75, 3.05) is 0 Å². The smallest absolute Gasteiger partial charge is 0.177 e. The zero-order chi connectivity index (χ0) is 11.5. The van der Waals surface area contributed by atoms with E-state index in [4.69, 9.17) is 5.73 Å². The van der Waals surface area contributed by atoms with Crippen LogP contribution in [0.15, 0.2) is 36.4 Å². The lowest BCUT2D eigenvalue weighted by atomic mass is 10.2. The average Bonchev–Trinajstić information content (AvgIpc) is 2.28. The lowest BCUT2D eigenvalue weighted by Crippen LogP contribution is -2.34. The molecule has 4 nitrogen and oxygen atoms in total. The Bertz CT molecular complexity index is 325. The fraction of sp³-hybridized carbons (Fsp3) is 0. The molecule has 5 N–H and O–H groups in total. The number of hydrazine groups is 1. The van der Waals surface area contributed by atoms with Crippen molar-refractivity contribution in [3.63, 3.8) is 0 Å². The summed E-state index contributed by atoms with van der Waals surface area (Å²) in [6.45, 7) is 0. The van der Waals surface area contributed by atoms with Crippen LogP contribution in [0.25, 0.3) is 6.08 Å². The Labute approximate surface area is 93.9 Å². The minimum atomic E-state index is 0.116. The van der Waals surface area contributed by atoms with E-state index < -0.39 is 0 Å². The summed E-state index contributed by atoms with van der Waals surface area (Å²) in [5, 5.41) is 0.116. The maximum Gasteiger partial charge on any atom is 0.177 e. The second-order valence-corrected chi connectivity index (χ2v) is 2.85. The molecule has 1 aromatic carbocycles. The number of rotatable bonds is 2. The van der Waals surface area contributed by atoms with E-state index in [1.165, 1.54) is 6.08 Å². The van der Waals surface area contributed by atoms with E-state index in [-0.39, 0.29) is 5.11 Å². The van der Waals surface area contributed by atoms with Crippen molar-refractivity contribution >= 4 is 29.7 Å². The van der Waals surface area contributed by atoms with Crippen LogP contribution in [0.2, 0.25) is 0 Å². The number of benzene rings is 1. The number of nitrogens with one attached hydrogen (secondary N) is 1. The van der Waals surface area contributed by atoms with Crippen LogP contribution in [0.4, 0.5) is 0 Å². The van der Waals surface area contributed by atoms with Gasteiger partial charge in [0.15, 0.2) is 5.11 Å². The minimum absolute atomic E-state index is 0.116. The van der Waals surface area contributed by atoms with Gasteiger partial charge in [-0.2, -0.15) is 0 Å². The standard InChI is InChI=1S/C9H8O.CH5N3S/c10-8-4-7-9-5-2-1-3-6-9;2-1(5)4-3/h1-8H;3H2,(H3,2,4,5). The van der Waals surface area contributed by atoms with Gasteiger partial charge in [0.2, 0.25) is 0 Å². The monoisotopic (exact) mass is 223 g/mol. The molecular weight excluding hydrogens is 210 g/mol. The highest BCUT2D eigenvalue weighted by molar-refractivity contribution is 7.80. The van der Waals surface area contributed by atoms with Crippen LogP contribution in [0.3, 0.4) is 0 Å². The first-order valence-corrected chi connectivity index (χ1v) is 4.54. The van der Waals surface area contributed by atoms with Crippen molar-refractivity contribution in [2.24, 2.45) is 11.6 Å². The SMILES string of the molecule is NNC(N)=S.O=CC=Cc1ccccc1. The molecule has 0 spiro atoms. The molecule has 80 valence electrons. The molecule has 0 saturated heterocycles. The molecule has 15 heavy (non-hydrogen) atoms. The molecule has 0 aliphatic rings. The number of allylic oxidation sites excluding steroid dienone is 1. The summed E-state index contributed by atoms with van der Waals surface area (Å²) in [5.74, 6) is 4.66. The molecule has 0 radical (unpaired) electrons. The van der Waals surface area contributed by atoms with Crippen molar-refractivity contribution in [3.8, 4) is 0 Å². The van der Waals surface area contributed by atoms with Crippen LogP contribution in [0.5, 0.6) is 0 Å². The largest absolute Gasteiger partial charge is 0.375 e. The maximum atomic E-state index is 9.89. The molecule has 1 aromatic rings. The molecule has 5 heteroatoms. The van der Waals surface area contributed by atoms with Crippen LogP contribution in [0, 0.1) is 0 Å². The number of hydrogen-bond acceptors (Lipinski definition) is 3. The number of carbonyl (C=O) groups is 1. The topological polar surface area (TPSA) is 81.1 Å². The first-order valence-electron chi connectivity index (χ1n) is 4.13. The fourth-order valence-corrected chi connectivity index (χ4v) is 0.715. The predicted octanol–water partition coefficient (Wildman–Crippen LogP) is 0.592. The van der Waals surface area contributed by atoms with E-state index in [9.17, 15) is 4.79 Å². The molecular formula is C10H13N3OS. The normalized spacial score (nSPS) is 8.87. The van der Waals surface area contributed by atoms with Crippen molar-refractivity contribution in [1.82, 2.24) is 5.43 Å². The van der Waals surface area contributed by atoms with Gasteiger partial charge in [-0.1, -0.05) is 36.4 Å². The second-order valence-electron chi connectivity index (χ2n) is 2.41. The molecule has 0 aliphatic carbocycles. The number of hydrogen-bond donors (Lipinski definition) is 3. The summed E-state index contributed by atoms with van der Waals surface area (Å²) in [6, 6.07) is 9.70. The Kier molecular flexibility index (Phi) is 7.84. The van der Waals surface area contributed by atoms with E-state index >= 15 is 0 Å². The number of aldehydes is 1. The Morgan fingerprint density at radius 1 is 1.33 bits per heavy atom. The molecule has 0 aliphatic heterocycles. The number of nitrogens with two attached hydrogens (primary N) is 2. The molecule has 0 unspecified atom stereocenters. The molecule has 0 aromatic heterocycles. The van der Waals surface area contributed by atoms with Gasteiger partial charge in [0.05, 0.1) is 0 Å². The van der Waals surface area contributed by atoms with Crippen molar-refractivity contribution in [2.45, 2.75) is 0 Å². The third-order valence-electron chi connectivity index (χ3n) is 1.31. The fourth-order valence-electron chi connectivity index (χ4n) is 0.715. The van der Waals surface area contributed by atoms with Gasteiger partial charge in [0.25, 0.3) is 0 Å². The highest BCUT2D eigenvalue weighted by atomic mass is 32.1. The molecule has 1 rings (SSSR count). The second kappa shape index (κ2) is 8.86. The molecule has 0 bridgehead atoms.